The van der Waals surface area contributed by atoms with Crippen molar-refractivity contribution in [3.8, 4) is 0 Å². The van der Waals surface area contributed by atoms with Gasteiger partial charge in [-0.1, -0.05) is 0 Å². The molecule has 0 aromatic heterocycles. The maximum absolute atomic E-state index is 11.0. The predicted molar refractivity (Wildman–Crippen MR) is 94.3 cm³/mol. The summed E-state index contributed by atoms with van der Waals surface area (Å²) in [5.41, 5.74) is 0. The lowest BCUT2D eigenvalue weighted by atomic mass is 10.2. The molecule has 2 aliphatic rings. The van der Waals surface area contributed by atoms with Crippen molar-refractivity contribution in [3.63, 3.8) is 0 Å². The Kier molecular flexibility index (Phi) is 7.73. The summed E-state index contributed by atoms with van der Waals surface area (Å²) in [6.07, 6.45) is 2.36. The van der Waals surface area contributed by atoms with E-state index in [4.69, 9.17) is 9.47 Å². The Morgan fingerprint density at radius 1 is 1.29 bits per heavy atom. The van der Waals surface area contributed by atoms with Gasteiger partial charge in [0.1, 0.15) is 9.84 Å². The minimum Gasteiger partial charge on any atom is -0.379 e. The molecule has 2 saturated heterocycles. The molecule has 2 rings (SSSR count). The van der Waals surface area contributed by atoms with Gasteiger partial charge >= 0.3 is 0 Å². The van der Waals surface area contributed by atoms with E-state index in [-0.39, 0.29) is 12.4 Å². The standard InChI is InChI=1S/C15H30N4O4S/c1-16-15(17-4-8-22-11-12-24(2,20)21)19-5-3-14(13-19)18-6-9-23-10-7-18/h14H,3-13H2,1-2H3,(H,16,17). The zero-order chi connectivity index (χ0) is 17.4. The predicted octanol–water partition coefficient (Wildman–Crippen LogP) is -0.970. The average molecular weight is 362 g/mol. The molecule has 2 fully saturated rings. The number of ether oxygens (including phenoxy) is 2. The monoisotopic (exact) mass is 362 g/mol. The minimum absolute atomic E-state index is 0.0646. The van der Waals surface area contributed by atoms with E-state index in [1.165, 1.54) is 6.26 Å². The lowest BCUT2D eigenvalue weighted by molar-refractivity contribution is 0.0194. The summed E-state index contributed by atoms with van der Waals surface area (Å²) < 4.78 is 32.8. The fraction of sp³-hybridized carbons (Fsp3) is 0.933. The molecule has 0 aliphatic carbocycles. The number of rotatable bonds is 7. The Hall–Kier alpha value is -0.900. The second-order valence-electron chi connectivity index (χ2n) is 6.25. The molecule has 0 radical (unpaired) electrons. The number of hydrogen-bond acceptors (Lipinski definition) is 6. The molecule has 2 aliphatic heterocycles. The Morgan fingerprint density at radius 3 is 2.71 bits per heavy atom. The van der Waals surface area contributed by atoms with Gasteiger partial charge in [0.15, 0.2) is 5.96 Å². The number of aliphatic imine (C=N–C) groups is 1. The summed E-state index contributed by atoms with van der Waals surface area (Å²) in [5, 5.41) is 3.29. The third kappa shape index (κ3) is 6.54. The largest absolute Gasteiger partial charge is 0.379 e. The lowest BCUT2D eigenvalue weighted by Gasteiger charge is -2.32. The SMILES string of the molecule is CN=C(NCCOCCS(C)(=O)=O)N1CCC(N2CCOCC2)C1. The van der Waals surface area contributed by atoms with Crippen molar-refractivity contribution >= 4 is 15.8 Å². The van der Waals surface area contributed by atoms with Crippen LogP contribution in [0.4, 0.5) is 0 Å². The van der Waals surface area contributed by atoms with E-state index in [0.29, 0.717) is 19.2 Å². The quantitative estimate of drug-likeness (QED) is 0.354. The summed E-state index contributed by atoms with van der Waals surface area (Å²) in [6, 6.07) is 0.568. The average Bonchev–Trinajstić information content (AvgIpc) is 3.04. The highest BCUT2D eigenvalue weighted by atomic mass is 32.2. The fourth-order valence-electron chi connectivity index (χ4n) is 3.05. The maximum atomic E-state index is 11.0. The van der Waals surface area contributed by atoms with Crippen LogP contribution in [0.25, 0.3) is 0 Å². The summed E-state index contributed by atoms with van der Waals surface area (Å²) in [5.74, 6) is 0.951. The number of nitrogens with zero attached hydrogens (tertiary/aromatic N) is 3. The Morgan fingerprint density at radius 2 is 2.04 bits per heavy atom. The van der Waals surface area contributed by atoms with Crippen molar-refractivity contribution in [1.82, 2.24) is 15.1 Å². The summed E-state index contributed by atoms with van der Waals surface area (Å²) in [6.45, 7) is 6.98. The first-order chi connectivity index (χ1) is 11.5. The van der Waals surface area contributed by atoms with Gasteiger partial charge in [-0.2, -0.15) is 0 Å². The molecule has 0 amide bonds. The molecule has 0 spiro atoms. The van der Waals surface area contributed by atoms with Crippen LogP contribution in [0, 0.1) is 0 Å². The summed E-state index contributed by atoms with van der Waals surface area (Å²) in [7, 11) is -1.17. The van der Waals surface area contributed by atoms with Crippen LogP contribution >= 0.6 is 0 Å². The smallest absolute Gasteiger partial charge is 0.193 e. The topological polar surface area (TPSA) is 83.5 Å². The molecular formula is C15H30N4O4S. The fourth-order valence-corrected chi connectivity index (χ4v) is 3.48. The normalized spacial score (nSPS) is 23.7. The van der Waals surface area contributed by atoms with E-state index in [9.17, 15) is 8.42 Å². The highest BCUT2D eigenvalue weighted by molar-refractivity contribution is 7.90. The highest BCUT2D eigenvalue weighted by Crippen LogP contribution is 2.16. The van der Waals surface area contributed by atoms with Gasteiger partial charge in [0.2, 0.25) is 0 Å². The minimum atomic E-state index is -2.95. The first-order valence-corrected chi connectivity index (χ1v) is 10.6. The summed E-state index contributed by atoms with van der Waals surface area (Å²) >= 11 is 0. The molecule has 2 heterocycles. The molecule has 0 saturated carbocycles. The van der Waals surface area contributed by atoms with Gasteiger partial charge in [0.25, 0.3) is 0 Å². The zero-order valence-electron chi connectivity index (χ0n) is 14.7. The van der Waals surface area contributed by atoms with Gasteiger partial charge in [-0.25, -0.2) is 8.42 Å². The van der Waals surface area contributed by atoms with Crippen LogP contribution in [0.3, 0.4) is 0 Å². The number of likely N-dealkylation sites (tertiary alicyclic amines) is 1. The van der Waals surface area contributed by atoms with Crippen LogP contribution in [0.15, 0.2) is 4.99 Å². The molecule has 1 atom stereocenters. The second kappa shape index (κ2) is 9.55. The molecule has 1 N–H and O–H groups in total. The van der Waals surface area contributed by atoms with Gasteiger partial charge in [0, 0.05) is 52.1 Å². The maximum Gasteiger partial charge on any atom is 0.193 e. The molecule has 9 heteroatoms. The van der Waals surface area contributed by atoms with Gasteiger partial charge in [-0.15, -0.1) is 0 Å². The highest BCUT2D eigenvalue weighted by Gasteiger charge is 2.30. The van der Waals surface area contributed by atoms with Crippen molar-refractivity contribution in [3.05, 3.63) is 0 Å². The van der Waals surface area contributed by atoms with Crippen LogP contribution in [-0.2, 0) is 19.3 Å². The molecule has 0 aromatic carbocycles. The molecule has 0 bridgehead atoms. The molecule has 140 valence electrons. The molecule has 1 unspecified atom stereocenters. The van der Waals surface area contributed by atoms with Gasteiger partial charge in [0.05, 0.1) is 32.2 Å². The molecule has 8 nitrogen and oxygen atoms in total. The van der Waals surface area contributed by atoms with Crippen LogP contribution in [0.5, 0.6) is 0 Å². The third-order valence-electron chi connectivity index (χ3n) is 4.36. The van der Waals surface area contributed by atoms with Crippen molar-refractivity contribution in [2.24, 2.45) is 4.99 Å². The number of morpholine rings is 1. The van der Waals surface area contributed by atoms with E-state index >= 15 is 0 Å². The van der Waals surface area contributed by atoms with Crippen molar-refractivity contribution in [1.29, 1.82) is 0 Å². The van der Waals surface area contributed by atoms with Crippen molar-refractivity contribution in [2.45, 2.75) is 12.5 Å². The van der Waals surface area contributed by atoms with Crippen LogP contribution < -0.4 is 5.32 Å². The van der Waals surface area contributed by atoms with Gasteiger partial charge in [-0.3, -0.25) is 9.89 Å². The molecule has 0 aromatic rings. The molecule has 24 heavy (non-hydrogen) atoms. The first-order valence-electron chi connectivity index (χ1n) is 8.52. The Bertz CT molecular complexity index is 506. The lowest BCUT2D eigenvalue weighted by Crippen LogP contribution is -2.47. The Labute approximate surface area is 145 Å². The van der Waals surface area contributed by atoms with Crippen LogP contribution in [0.2, 0.25) is 0 Å². The zero-order valence-corrected chi connectivity index (χ0v) is 15.6. The van der Waals surface area contributed by atoms with E-state index in [2.05, 4.69) is 20.1 Å². The number of nitrogens with one attached hydrogen (secondary N) is 1. The van der Waals surface area contributed by atoms with Gasteiger partial charge < -0.3 is 19.7 Å². The van der Waals surface area contributed by atoms with Crippen molar-refractivity contribution < 1.29 is 17.9 Å². The number of sulfone groups is 1. The Balaban J connectivity index is 1.65. The van der Waals surface area contributed by atoms with Crippen LogP contribution in [0.1, 0.15) is 6.42 Å². The third-order valence-corrected chi connectivity index (χ3v) is 5.27. The van der Waals surface area contributed by atoms with E-state index in [1.807, 2.05) is 0 Å². The van der Waals surface area contributed by atoms with Gasteiger partial charge in [-0.05, 0) is 6.42 Å². The summed E-state index contributed by atoms with van der Waals surface area (Å²) in [4.78, 5) is 9.12. The number of guanidine groups is 1. The molecular weight excluding hydrogens is 332 g/mol. The van der Waals surface area contributed by atoms with Crippen LogP contribution in [-0.4, -0.2) is 108 Å². The van der Waals surface area contributed by atoms with E-state index in [0.717, 1.165) is 51.8 Å². The second-order valence-corrected chi connectivity index (χ2v) is 8.51. The first kappa shape index (κ1) is 19.4. The van der Waals surface area contributed by atoms with E-state index < -0.39 is 9.84 Å². The number of hydrogen-bond donors (Lipinski definition) is 1. The van der Waals surface area contributed by atoms with Crippen molar-refractivity contribution in [2.75, 3.05) is 78.2 Å². The van der Waals surface area contributed by atoms with E-state index in [1.54, 1.807) is 7.05 Å².